The number of piperidine rings is 1. The minimum Gasteiger partial charge on any atom is -0.481 e. The van der Waals surface area contributed by atoms with Crippen molar-refractivity contribution in [3.63, 3.8) is 0 Å². The molecule has 8 heteroatoms. The van der Waals surface area contributed by atoms with Crippen molar-refractivity contribution >= 4 is 12.1 Å². The number of aliphatic carboxylic acids is 1. The van der Waals surface area contributed by atoms with Crippen LogP contribution >= 0.6 is 0 Å². The Bertz CT molecular complexity index is 562. The second-order valence-corrected chi connectivity index (χ2v) is 5.37. The maximum Gasteiger partial charge on any atom is 0.410 e. The van der Waals surface area contributed by atoms with Gasteiger partial charge in [0, 0.05) is 13.1 Å². The SMILES string of the molecule is O=C(O)[C@@H]1CN(C(=O)OCc2ccccc2)CC[C@H]1C(F)(F)F. The average Bonchev–Trinajstić information content (AvgIpc) is 2.52. The maximum atomic E-state index is 12.9. The van der Waals surface area contributed by atoms with E-state index >= 15 is 0 Å². The third-order valence-electron chi connectivity index (χ3n) is 3.81. The first-order valence-electron chi connectivity index (χ1n) is 7.04. The molecule has 1 aromatic rings. The number of alkyl halides is 3. The molecule has 0 spiro atoms. The lowest BCUT2D eigenvalue weighted by Gasteiger charge is -2.36. The lowest BCUT2D eigenvalue weighted by molar-refractivity contribution is -0.205. The number of carbonyl (C=O) groups excluding carboxylic acids is 1. The van der Waals surface area contributed by atoms with Crippen molar-refractivity contribution in [3.8, 4) is 0 Å². The minimum absolute atomic E-state index is 0.0173. The molecular formula is C15H16F3NO4. The smallest absolute Gasteiger partial charge is 0.410 e. The van der Waals surface area contributed by atoms with Gasteiger partial charge in [0.1, 0.15) is 6.61 Å². The average molecular weight is 331 g/mol. The van der Waals surface area contributed by atoms with E-state index in [-0.39, 0.29) is 13.2 Å². The molecule has 1 N–H and O–H groups in total. The van der Waals surface area contributed by atoms with Crippen LogP contribution < -0.4 is 0 Å². The topological polar surface area (TPSA) is 66.8 Å². The summed E-state index contributed by atoms with van der Waals surface area (Å²) in [4.78, 5) is 24.0. The molecular weight excluding hydrogens is 315 g/mol. The number of hydrogen-bond donors (Lipinski definition) is 1. The third kappa shape index (κ3) is 4.37. The highest BCUT2D eigenvalue weighted by Gasteiger charge is 2.50. The van der Waals surface area contributed by atoms with E-state index in [9.17, 15) is 22.8 Å². The van der Waals surface area contributed by atoms with E-state index in [0.717, 1.165) is 10.5 Å². The lowest BCUT2D eigenvalue weighted by atomic mass is 9.85. The van der Waals surface area contributed by atoms with Crippen LogP contribution in [0.25, 0.3) is 0 Å². The zero-order valence-electron chi connectivity index (χ0n) is 12.1. The van der Waals surface area contributed by atoms with E-state index in [4.69, 9.17) is 9.84 Å². The van der Waals surface area contributed by atoms with E-state index in [2.05, 4.69) is 0 Å². The normalized spacial score (nSPS) is 21.8. The maximum absolute atomic E-state index is 12.9. The van der Waals surface area contributed by atoms with Gasteiger partial charge in [0.25, 0.3) is 0 Å². The van der Waals surface area contributed by atoms with Crippen LogP contribution in [-0.4, -0.2) is 41.3 Å². The molecule has 2 atom stereocenters. The van der Waals surface area contributed by atoms with Crippen LogP contribution in [-0.2, 0) is 16.1 Å². The first kappa shape index (κ1) is 17.1. The number of halogens is 3. The molecule has 1 fully saturated rings. The fourth-order valence-corrected chi connectivity index (χ4v) is 2.57. The van der Waals surface area contributed by atoms with Crippen molar-refractivity contribution < 1.29 is 32.6 Å². The monoisotopic (exact) mass is 331 g/mol. The molecule has 0 radical (unpaired) electrons. The van der Waals surface area contributed by atoms with Crippen LogP contribution in [0.1, 0.15) is 12.0 Å². The Morgan fingerprint density at radius 1 is 1.26 bits per heavy atom. The van der Waals surface area contributed by atoms with Gasteiger partial charge in [-0.3, -0.25) is 4.79 Å². The van der Waals surface area contributed by atoms with Gasteiger partial charge in [-0.15, -0.1) is 0 Å². The highest BCUT2D eigenvalue weighted by Crippen LogP contribution is 2.38. The van der Waals surface area contributed by atoms with Gasteiger partial charge in [-0.2, -0.15) is 13.2 Å². The molecule has 2 rings (SSSR count). The Morgan fingerprint density at radius 2 is 1.91 bits per heavy atom. The van der Waals surface area contributed by atoms with Crippen LogP contribution in [0, 0.1) is 11.8 Å². The van der Waals surface area contributed by atoms with E-state index in [1.807, 2.05) is 0 Å². The summed E-state index contributed by atoms with van der Waals surface area (Å²) < 4.78 is 43.6. The molecule has 1 amide bonds. The first-order chi connectivity index (χ1) is 10.8. The third-order valence-corrected chi connectivity index (χ3v) is 3.81. The first-order valence-corrected chi connectivity index (χ1v) is 7.04. The number of hydrogen-bond acceptors (Lipinski definition) is 3. The molecule has 0 bridgehead atoms. The zero-order valence-corrected chi connectivity index (χ0v) is 12.1. The lowest BCUT2D eigenvalue weighted by Crippen LogP contribution is -2.50. The number of carboxylic acids is 1. The van der Waals surface area contributed by atoms with Gasteiger partial charge in [0.15, 0.2) is 0 Å². The Morgan fingerprint density at radius 3 is 2.48 bits per heavy atom. The summed E-state index contributed by atoms with van der Waals surface area (Å²) in [6, 6.07) is 8.80. The van der Waals surface area contributed by atoms with Gasteiger partial charge < -0.3 is 14.7 Å². The second kappa shape index (κ2) is 6.89. The second-order valence-electron chi connectivity index (χ2n) is 5.37. The van der Waals surface area contributed by atoms with E-state index in [0.29, 0.717) is 0 Å². The molecule has 0 aliphatic carbocycles. The van der Waals surface area contributed by atoms with E-state index in [1.165, 1.54) is 0 Å². The van der Waals surface area contributed by atoms with Gasteiger partial charge in [0.2, 0.25) is 0 Å². The Kier molecular flexibility index (Phi) is 5.12. The quantitative estimate of drug-likeness (QED) is 0.925. The van der Waals surface area contributed by atoms with Gasteiger partial charge >= 0.3 is 18.2 Å². The van der Waals surface area contributed by atoms with Gasteiger partial charge in [-0.25, -0.2) is 4.79 Å². The Labute approximate surface area is 130 Å². The summed E-state index contributed by atoms with van der Waals surface area (Å²) in [5.41, 5.74) is 0.737. The van der Waals surface area contributed by atoms with Crippen molar-refractivity contribution in [2.24, 2.45) is 11.8 Å². The molecule has 0 aromatic heterocycles. The number of nitrogens with zero attached hydrogens (tertiary/aromatic N) is 1. The largest absolute Gasteiger partial charge is 0.481 e. The molecule has 1 aliphatic heterocycles. The van der Waals surface area contributed by atoms with Crippen molar-refractivity contribution in [1.29, 1.82) is 0 Å². The zero-order chi connectivity index (χ0) is 17.0. The summed E-state index contributed by atoms with van der Waals surface area (Å²) in [5, 5.41) is 9.00. The minimum atomic E-state index is -4.59. The summed E-state index contributed by atoms with van der Waals surface area (Å²) in [5.74, 6) is -5.18. The van der Waals surface area contributed by atoms with Crippen LogP contribution in [0.3, 0.4) is 0 Å². The highest BCUT2D eigenvalue weighted by molar-refractivity contribution is 5.73. The van der Waals surface area contributed by atoms with Gasteiger partial charge in [-0.05, 0) is 12.0 Å². The molecule has 23 heavy (non-hydrogen) atoms. The summed E-state index contributed by atoms with van der Waals surface area (Å²) in [6.07, 6.45) is -5.84. The molecule has 126 valence electrons. The number of carbonyl (C=O) groups is 2. The van der Waals surface area contributed by atoms with Crippen molar-refractivity contribution in [3.05, 3.63) is 35.9 Å². The van der Waals surface area contributed by atoms with Crippen molar-refractivity contribution in [2.75, 3.05) is 13.1 Å². The molecule has 0 unspecified atom stereocenters. The molecule has 1 saturated heterocycles. The molecule has 1 heterocycles. The van der Waals surface area contributed by atoms with Gasteiger partial charge in [0.05, 0.1) is 11.8 Å². The highest BCUT2D eigenvalue weighted by atomic mass is 19.4. The summed E-state index contributed by atoms with van der Waals surface area (Å²) in [6.45, 7) is -0.703. The molecule has 1 aromatic carbocycles. The summed E-state index contributed by atoms with van der Waals surface area (Å²) in [7, 11) is 0. The Hall–Kier alpha value is -2.25. The van der Waals surface area contributed by atoms with Crippen LogP contribution in [0.4, 0.5) is 18.0 Å². The van der Waals surface area contributed by atoms with Crippen molar-refractivity contribution in [1.82, 2.24) is 4.90 Å². The molecule has 1 aliphatic rings. The number of rotatable bonds is 3. The predicted molar refractivity (Wildman–Crippen MR) is 73.5 cm³/mol. The molecule has 5 nitrogen and oxygen atoms in total. The number of carboxylic acid groups (broad SMARTS) is 1. The van der Waals surface area contributed by atoms with Crippen molar-refractivity contribution in [2.45, 2.75) is 19.2 Å². The van der Waals surface area contributed by atoms with Crippen LogP contribution in [0.5, 0.6) is 0 Å². The van der Waals surface area contributed by atoms with Crippen LogP contribution in [0.2, 0.25) is 0 Å². The number of benzene rings is 1. The standard InChI is InChI=1S/C15H16F3NO4/c16-15(17,18)12-6-7-19(8-11(12)13(20)21)14(22)23-9-10-4-2-1-3-5-10/h1-5,11-12H,6-9H2,(H,20,21)/t11-,12-/m1/s1. The van der Waals surface area contributed by atoms with Crippen LogP contribution in [0.15, 0.2) is 30.3 Å². The fraction of sp³-hybridized carbons (Fsp3) is 0.467. The Balaban J connectivity index is 1.96. The summed E-state index contributed by atoms with van der Waals surface area (Å²) >= 11 is 0. The number of amides is 1. The van der Waals surface area contributed by atoms with Gasteiger partial charge in [-0.1, -0.05) is 30.3 Å². The number of likely N-dealkylation sites (tertiary alicyclic amines) is 1. The fourth-order valence-electron chi connectivity index (χ4n) is 2.57. The predicted octanol–water partition coefficient (Wildman–Crippen LogP) is 2.91. The van der Waals surface area contributed by atoms with E-state index in [1.54, 1.807) is 30.3 Å². The number of ether oxygens (including phenoxy) is 1. The van der Waals surface area contributed by atoms with E-state index < -0.39 is 43.0 Å². The molecule has 0 saturated carbocycles.